The van der Waals surface area contributed by atoms with Gasteiger partial charge >= 0.3 is 5.69 Å². The number of nitrogens with one attached hydrogen (secondary N) is 1. The van der Waals surface area contributed by atoms with Crippen LogP contribution in [-0.4, -0.2) is 15.0 Å². The van der Waals surface area contributed by atoms with Gasteiger partial charge in [0.15, 0.2) is 11.6 Å². The van der Waals surface area contributed by atoms with Gasteiger partial charge in [0.25, 0.3) is 11.5 Å². The molecule has 1 N–H and O–H groups in total. The van der Waals surface area contributed by atoms with Gasteiger partial charge in [-0.2, -0.15) is 0 Å². The normalized spacial score (nSPS) is 10.5. The van der Waals surface area contributed by atoms with Crippen molar-refractivity contribution in [2.45, 2.75) is 6.54 Å². The molecule has 8 heteroatoms. The minimum Gasteiger partial charge on any atom is -0.346 e. The van der Waals surface area contributed by atoms with Gasteiger partial charge in [0.2, 0.25) is 0 Å². The summed E-state index contributed by atoms with van der Waals surface area (Å²) in [6, 6.07) is 3.97. The Morgan fingerprint density at radius 3 is 2.41 bits per heavy atom. The van der Waals surface area contributed by atoms with E-state index in [1.165, 1.54) is 24.7 Å². The highest BCUT2D eigenvalue weighted by atomic mass is 19.2. The molecule has 1 aromatic carbocycles. The Bertz CT molecular complexity index is 855. The smallest absolute Gasteiger partial charge is 0.330 e. The molecule has 2 aromatic rings. The van der Waals surface area contributed by atoms with Crippen LogP contribution in [0.15, 0.2) is 33.9 Å². The molecule has 22 heavy (non-hydrogen) atoms. The maximum Gasteiger partial charge on any atom is 0.330 e. The third kappa shape index (κ3) is 2.95. The van der Waals surface area contributed by atoms with Crippen molar-refractivity contribution in [3.8, 4) is 0 Å². The van der Waals surface area contributed by atoms with Gasteiger partial charge in [0, 0.05) is 31.4 Å². The predicted molar refractivity (Wildman–Crippen MR) is 74.5 cm³/mol. The number of carbonyl (C=O) groups excluding carboxylic acids is 1. The molecule has 0 saturated carbocycles. The van der Waals surface area contributed by atoms with E-state index >= 15 is 0 Å². The Morgan fingerprint density at radius 1 is 1.09 bits per heavy atom. The highest BCUT2D eigenvalue weighted by Crippen LogP contribution is 2.08. The van der Waals surface area contributed by atoms with Crippen molar-refractivity contribution in [1.29, 1.82) is 0 Å². The maximum atomic E-state index is 13.1. The molecule has 1 amide bonds. The summed E-state index contributed by atoms with van der Waals surface area (Å²) in [5.74, 6) is -2.83. The van der Waals surface area contributed by atoms with Gasteiger partial charge in [-0.15, -0.1) is 0 Å². The monoisotopic (exact) mass is 309 g/mol. The molecule has 0 aliphatic carbocycles. The first-order chi connectivity index (χ1) is 10.3. The fourth-order valence-corrected chi connectivity index (χ4v) is 1.86. The van der Waals surface area contributed by atoms with Crippen molar-refractivity contribution in [2.75, 3.05) is 0 Å². The van der Waals surface area contributed by atoms with E-state index in [0.717, 1.165) is 22.8 Å². The lowest BCUT2D eigenvalue weighted by molar-refractivity contribution is 0.0949. The lowest BCUT2D eigenvalue weighted by Gasteiger charge is -2.10. The molecule has 0 saturated heterocycles. The van der Waals surface area contributed by atoms with E-state index in [4.69, 9.17) is 0 Å². The summed E-state index contributed by atoms with van der Waals surface area (Å²) in [7, 11) is 2.80. The van der Waals surface area contributed by atoms with Crippen molar-refractivity contribution >= 4 is 5.91 Å². The summed E-state index contributed by atoms with van der Waals surface area (Å²) >= 11 is 0. The van der Waals surface area contributed by atoms with E-state index in [-0.39, 0.29) is 12.1 Å². The van der Waals surface area contributed by atoms with Crippen LogP contribution < -0.4 is 16.6 Å². The fourth-order valence-electron chi connectivity index (χ4n) is 1.86. The molecule has 0 radical (unpaired) electrons. The molecule has 1 aromatic heterocycles. The first-order valence-electron chi connectivity index (χ1n) is 6.30. The molecule has 0 aliphatic heterocycles. The van der Waals surface area contributed by atoms with E-state index in [1.54, 1.807) is 0 Å². The summed E-state index contributed by atoms with van der Waals surface area (Å²) in [5, 5.41) is 2.44. The molecule has 6 nitrogen and oxygen atoms in total. The fraction of sp³-hybridized carbons (Fsp3) is 0.214. The summed E-state index contributed by atoms with van der Waals surface area (Å²) < 4.78 is 28.0. The van der Waals surface area contributed by atoms with Gasteiger partial charge in [-0.05, 0) is 18.2 Å². The predicted octanol–water partition coefficient (Wildman–Crippen LogP) is 0.292. The number of aromatic nitrogens is 2. The lowest BCUT2D eigenvalue weighted by atomic mass is 10.2. The summed E-state index contributed by atoms with van der Waals surface area (Å²) in [6.45, 7) is -0.0976. The first kappa shape index (κ1) is 15.6. The lowest BCUT2D eigenvalue weighted by Crippen LogP contribution is -2.39. The molecule has 2 rings (SSSR count). The second kappa shape index (κ2) is 5.92. The maximum absolute atomic E-state index is 13.1. The second-order valence-corrected chi connectivity index (χ2v) is 4.69. The number of amides is 1. The minimum atomic E-state index is -1.13. The van der Waals surface area contributed by atoms with Crippen LogP contribution in [0.5, 0.6) is 0 Å². The number of carbonyl (C=O) groups is 1. The molecule has 1 heterocycles. The highest BCUT2D eigenvalue weighted by Gasteiger charge is 2.11. The van der Waals surface area contributed by atoms with Gasteiger partial charge in [-0.25, -0.2) is 13.6 Å². The Labute approximate surface area is 123 Å². The third-order valence-corrected chi connectivity index (χ3v) is 3.24. The van der Waals surface area contributed by atoms with E-state index in [2.05, 4.69) is 5.32 Å². The van der Waals surface area contributed by atoms with Gasteiger partial charge in [0.1, 0.15) is 0 Å². The SMILES string of the molecule is Cn1c(CNC(=O)c2ccc(F)c(F)c2)cc(=O)n(C)c1=O. The molecule has 0 unspecified atom stereocenters. The Balaban J connectivity index is 2.20. The average molecular weight is 309 g/mol. The minimum absolute atomic E-state index is 0.0623. The number of hydrogen-bond acceptors (Lipinski definition) is 3. The second-order valence-electron chi connectivity index (χ2n) is 4.69. The Morgan fingerprint density at radius 2 is 1.77 bits per heavy atom. The molecule has 0 aliphatic rings. The molecular weight excluding hydrogens is 296 g/mol. The number of hydrogen-bond donors (Lipinski definition) is 1. The van der Waals surface area contributed by atoms with E-state index in [9.17, 15) is 23.2 Å². The molecule has 0 spiro atoms. The van der Waals surface area contributed by atoms with Crippen LogP contribution >= 0.6 is 0 Å². The zero-order valence-electron chi connectivity index (χ0n) is 11.9. The topological polar surface area (TPSA) is 73.1 Å². The number of rotatable bonds is 3. The number of benzene rings is 1. The van der Waals surface area contributed by atoms with Gasteiger partial charge in [-0.3, -0.25) is 18.7 Å². The summed E-state index contributed by atoms with van der Waals surface area (Å²) in [5.41, 5.74) is -0.790. The van der Waals surface area contributed by atoms with E-state index < -0.39 is 28.8 Å². The van der Waals surface area contributed by atoms with Gasteiger partial charge < -0.3 is 5.32 Å². The molecule has 0 fully saturated rings. The molecule has 0 bridgehead atoms. The summed E-state index contributed by atoms with van der Waals surface area (Å²) in [4.78, 5) is 35.1. The van der Waals surface area contributed by atoms with Crippen molar-refractivity contribution in [3.05, 3.63) is 68.0 Å². The van der Waals surface area contributed by atoms with Crippen LogP contribution in [0.3, 0.4) is 0 Å². The van der Waals surface area contributed by atoms with Gasteiger partial charge in [-0.1, -0.05) is 0 Å². The van der Waals surface area contributed by atoms with Crippen molar-refractivity contribution in [3.63, 3.8) is 0 Å². The Hall–Kier alpha value is -2.77. The Kier molecular flexibility index (Phi) is 4.20. The highest BCUT2D eigenvalue weighted by molar-refractivity contribution is 5.94. The largest absolute Gasteiger partial charge is 0.346 e. The zero-order valence-corrected chi connectivity index (χ0v) is 11.9. The van der Waals surface area contributed by atoms with E-state index in [0.29, 0.717) is 5.69 Å². The molecule has 116 valence electrons. The summed E-state index contributed by atoms with van der Waals surface area (Å²) in [6.07, 6.45) is 0. The molecular formula is C14H13F2N3O3. The average Bonchev–Trinajstić information content (AvgIpc) is 2.49. The van der Waals surface area contributed by atoms with Crippen LogP contribution in [0.4, 0.5) is 8.78 Å². The van der Waals surface area contributed by atoms with Crippen LogP contribution in [0, 0.1) is 11.6 Å². The first-order valence-corrected chi connectivity index (χ1v) is 6.30. The number of nitrogens with zero attached hydrogens (tertiary/aromatic N) is 2. The van der Waals surface area contributed by atoms with E-state index in [1.807, 2.05) is 0 Å². The van der Waals surface area contributed by atoms with Crippen molar-refractivity contribution in [2.24, 2.45) is 14.1 Å². The molecule has 0 atom stereocenters. The van der Waals surface area contributed by atoms with Crippen LogP contribution in [0.25, 0.3) is 0 Å². The zero-order chi connectivity index (χ0) is 16.4. The van der Waals surface area contributed by atoms with Gasteiger partial charge in [0.05, 0.1) is 6.54 Å². The van der Waals surface area contributed by atoms with Crippen LogP contribution in [0.1, 0.15) is 16.1 Å². The standard InChI is InChI=1S/C14H13F2N3O3/c1-18-9(6-12(20)19(2)14(18)22)7-17-13(21)8-3-4-10(15)11(16)5-8/h3-6H,7H2,1-2H3,(H,17,21). The third-order valence-electron chi connectivity index (χ3n) is 3.24. The quantitative estimate of drug-likeness (QED) is 0.886. The van der Waals surface area contributed by atoms with Crippen LogP contribution in [-0.2, 0) is 20.6 Å². The van der Waals surface area contributed by atoms with Crippen LogP contribution in [0.2, 0.25) is 0 Å². The van der Waals surface area contributed by atoms with Crippen molar-refractivity contribution < 1.29 is 13.6 Å². The van der Waals surface area contributed by atoms with Crippen molar-refractivity contribution in [1.82, 2.24) is 14.5 Å². The number of halogens is 2.